The van der Waals surface area contributed by atoms with Gasteiger partial charge in [0.15, 0.2) is 0 Å². The number of hydrogen-bond donors (Lipinski definition) is 2. The highest BCUT2D eigenvalue weighted by Gasteiger charge is 2.56. The fourth-order valence-corrected chi connectivity index (χ4v) is 2.41. The highest BCUT2D eigenvalue weighted by Crippen LogP contribution is 2.46. The lowest BCUT2D eigenvalue weighted by molar-refractivity contribution is -0.137. The molecule has 0 atom stereocenters. The van der Waals surface area contributed by atoms with Crippen LogP contribution >= 0.6 is 0 Å². The van der Waals surface area contributed by atoms with Crippen molar-refractivity contribution < 1.29 is 9.59 Å². The van der Waals surface area contributed by atoms with Crippen LogP contribution in [0.1, 0.15) is 38.5 Å². The van der Waals surface area contributed by atoms with Crippen LogP contribution < -0.4 is 10.6 Å². The van der Waals surface area contributed by atoms with Crippen LogP contribution in [0, 0.1) is 5.41 Å². The standard InChI is InChI=1S/C13H20N2O2/c1-2-9-14-11(16)13(7-8-13)12(17)15-10-5-3-4-6-10/h2,10H,1,3-9H2,(H,14,16)(H,15,17). The fraction of sp³-hybridized carbons (Fsp3) is 0.692. The van der Waals surface area contributed by atoms with Crippen LogP contribution in [0.2, 0.25) is 0 Å². The van der Waals surface area contributed by atoms with E-state index in [0.29, 0.717) is 19.4 Å². The van der Waals surface area contributed by atoms with Gasteiger partial charge in [-0.05, 0) is 25.7 Å². The van der Waals surface area contributed by atoms with Gasteiger partial charge >= 0.3 is 0 Å². The second kappa shape index (κ2) is 4.90. The Kier molecular flexibility index (Phi) is 3.50. The van der Waals surface area contributed by atoms with Gasteiger partial charge in [0.2, 0.25) is 11.8 Å². The van der Waals surface area contributed by atoms with Crippen LogP contribution in [0.5, 0.6) is 0 Å². The summed E-state index contributed by atoms with van der Waals surface area (Å²) in [7, 11) is 0. The molecular formula is C13H20N2O2. The highest BCUT2D eigenvalue weighted by molar-refractivity contribution is 6.08. The van der Waals surface area contributed by atoms with E-state index in [-0.39, 0.29) is 17.9 Å². The van der Waals surface area contributed by atoms with Crippen LogP contribution in [0.3, 0.4) is 0 Å². The summed E-state index contributed by atoms with van der Waals surface area (Å²) in [5.41, 5.74) is -0.772. The molecule has 4 nitrogen and oxygen atoms in total. The topological polar surface area (TPSA) is 58.2 Å². The predicted molar refractivity (Wildman–Crippen MR) is 65.3 cm³/mol. The largest absolute Gasteiger partial charge is 0.352 e. The minimum Gasteiger partial charge on any atom is -0.352 e. The number of amides is 2. The minimum atomic E-state index is -0.772. The van der Waals surface area contributed by atoms with Crippen molar-refractivity contribution in [3.63, 3.8) is 0 Å². The summed E-state index contributed by atoms with van der Waals surface area (Å²) < 4.78 is 0. The van der Waals surface area contributed by atoms with E-state index in [4.69, 9.17) is 0 Å². The molecule has 2 fully saturated rings. The molecule has 0 unspecified atom stereocenters. The molecule has 2 amide bonds. The quantitative estimate of drug-likeness (QED) is 0.555. The molecule has 2 aliphatic rings. The first-order chi connectivity index (χ1) is 8.19. The first-order valence-electron chi connectivity index (χ1n) is 6.39. The van der Waals surface area contributed by atoms with Gasteiger partial charge < -0.3 is 10.6 Å². The summed E-state index contributed by atoms with van der Waals surface area (Å²) in [6.45, 7) is 3.98. The SMILES string of the molecule is C=CCNC(=O)C1(C(=O)NC2CCCC2)CC1. The Bertz CT molecular complexity index is 328. The smallest absolute Gasteiger partial charge is 0.235 e. The van der Waals surface area contributed by atoms with Gasteiger partial charge in [-0.15, -0.1) is 6.58 Å². The minimum absolute atomic E-state index is 0.0778. The van der Waals surface area contributed by atoms with Crippen molar-refractivity contribution in [3.8, 4) is 0 Å². The molecule has 94 valence electrons. The summed E-state index contributed by atoms with van der Waals surface area (Å²) in [6.07, 6.45) is 7.44. The average molecular weight is 236 g/mol. The molecule has 0 aromatic rings. The number of rotatable bonds is 5. The number of hydrogen-bond acceptors (Lipinski definition) is 2. The molecular weight excluding hydrogens is 216 g/mol. The first kappa shape index (κ1) is 12.1. The van der Waals surface area contributed by atoms with E-state index in [0.717, 1.165) is 12.8 Å². The second-order valence-electron chi connectivity index (χ2n) is 5.04. The van der Waals surface area contributed by atoms with Gasteiger partial charge in [0, 0.05) is 12.6 Å². The zero-order valence-electron chi connectivity index (χ0n) is 10.1. The van der Waals surface area contributed by atoms with Gasteiger partial charge in [-0.3, -0.25) is 9.59 Å². The zero-order chi connectivity index (χ0) is 12.3. The lowest BCUT2D eigenvalue weighted by Crippen LogP contribution is -2.45. The summed E-state index contributed by atoms with van der Waals surface area (Å²) in [5, 5.41) is 5.74. The predicted octanol–water partition coefficient (Wildman–Crippen LogP) is 1.13. The zero-order valence-corrected chi connectivity index (χ0v) is 10.1. The molecule has 0 aliphatic heterocycles. The molecule has 0 aromatic carbocycles. The number of nitrogens with one attached hydrogen (secondary N) is 2. The molecule has 2 rings (SSSR count). The van der Waals surface area contributed by atoms with Crippen LogP contribution in [0.15, 0.2) is 12.7 Å². The maximum Gasteiger partial charge on any atom is 0.235 e. The lowest BCUT2D eigenvalue weighted by atomic mass is 10.0. The van der Waals surface area contributed by atoms with Gasteiger partial charge in [0.05, 0.1) is 0 Å². The van der Waals surface area contributed by atoms with E-state index in [1.165, 1.54) is 12.8 Å². The Balaban J connectivity index is 1.88. The number of carbonyl (C=O) groups excluding carboxylic acids is 2. The molecule has 0 saturated heterocycles. The van der Waals surface area contributed by atoms with Gasteiger partial charge in [-0.2, -0.15) is 0 Å². The molecule has 2 N–H and O–H groups in total. The van der Waals surface area contributed by atoms with Crippen LogP contribution in [-0.2, 0) is 9.59 Å². The Morgan fingerprint density at radius 1 is 1.24 bits per heavy atom. The van der Waals surface area contributed by atoms with Crippen molar-refractivity contribution in [2.45, 2.75) is 44.6 Å². The Morgan fingerprint density at radius 3 is 2.41 bits per heavy atom. The van der Waals surface area contributed by atoms with Gasteiger partial charge in [0.1, 0.15) is 5.41 Å². The average Bonchev–Trinajstić information content (AvgIpc) is 3.00. The third-order valence-electron chi connectivity index (χ3n) is 3.72. The third-order valence-corrected chi connectivity index (χ3v) is 3.72. The molecule has 2 saturated carbocycles. The second-order valence-corrected chi connectivity index (χ2v) is 5.04. The van der Waals surface area contributed by atoms with Gasteiger partial charge in [-0.1, -0.05) is 18.9 Å². The summed E-state index contributed by atoms with van der Waals surface area (Å²) in [5.74, 6) is -0.223. The Hall–Kier alpha value is -1.32. The van der Waals surface area contributed by atoms with Crippen molar-refractivity contribution in [1.29, 1.82) is 0 Å². The van der Waals surface area contributed by atoms with Crippen molar-refractivity contribution in [2.24, 2.45) is 5.41 Å². The van der Waals surface area contributed by atoms with Crippen molar-refractivity contribution in [1.82, 2.24) is 10.6 Å². The normalized spacial score (nSPS) is 21.9. The maximum absolute atomic E-state index is 12.1. The highest BCUT2D eigenvalue weighted by atomic mass is 16.2. The molecule has 4 heteroatoms. The van der Waals surface area contributed by atoms with E-state index in [9.17, 15) is 9.59 Å². The molecule has 0 heterocycles. The molecule has 0 aromatic heterocycles. The van der Waals surface area contributed by atoms with Crippen molar-refractivity contribution >= 4 is 11.8 Å². The summed E-state index contributed by atoms with van der Waals surface area (Å²) in [6, 6.07) is 0.284. The third kappa shape index (κ3) is 2.51. The molecule has 0 bridgehead atoms. The molecule has 17 heavy (non-hydrogen) atoms. The van der Waals surface area contributed by atoms with Gasteiger partial charge in [0.25, 0.3) is 0 Å². The molecule has 0 spiro atoms. The maximum atomic E-state index is 12.1. The Labute approximate surface area is 102 Å². The van der Waals surface area contributed by atoms with Crippen LogP contribution in [0.4, 0.5) is 0 Å². The van der Waals surface area contributed by atoms with Crippen LogP contribution in [0.25, 0.3) is 0 Å². The van der Waals surface area contributed by atoms with Crippen molar-refractivity contribution in [2.75, 3.05) is 6.54 Å². The van der Waals surface area contributed by atoms with Gasteiger partial charge in [-0.25, -0.2) is 0 Å². The molecule has 0 radical (unpaired) electrons. The monoisotopic (exact) mass is 236 g/mol. The van der Waals surface area contributed by atoms with E-state index in [1.54, 1.807) is 6.08 Å². The first-order valence-corrected chi connectivity index (χ1v) is 6.39. The lowest BCUT2D eigenvalue weighted by Gasteiger charge is -2.18. The summed E-state index contributed by atoms with van der Waals surface area (Å²) >= 11 is 0. The van der Waals surface area contributed by atoms with E-state index < -0.39 is 5.41 Å². The van der Waals surface area contributed by atoms with Crippen molar-refractivity contribution in [3.05, 3.63) is 12.7 Å². The Morgan fingerprint density at radius 2 is 1.88 bits per heavy atom. The number of carbonyl (C=O) groups is 2. The molecule has 2 aliphatic carbocycles. The van der Waals surface area contributed by atoms with E-state index in [2.05, 4.69) is 17.2 Å². The van der Waals surface area contributed by atoms with E-state index in [1.807, 2.05) is 0 Å². The van der Waals surface area contributed by atoms with Crippen LogP contribution in [-0.4, -0.2) is 24.4 Å². The fourth-order valence-electron chi connectivity index (χ4n) is 2.41. The summed E-state index contributed by atoms with van der Waals surface area (Å²) in [4.78, 5) is 24.0. The van der Waals surface area contributed by atoms with E-state index >= 15 is 0 Å².